The fraction of sp³-hybridized carbons (Fsp3) is 0.129. The van der Waals surface area contributed by atoms with Crippen LogP contribution in [0.2, 0.25) is 0 Å². The summed E-state index contributed by atoms with van der Waals surface area (Å²) in [6.07, 6.45) is 0. The Morgan fingerprint density at radius 3 is 2.21 bits per heavy atom. The van der Waals surface area contributed by atoms with E-state index in [-0.39, 0.29) is 11.7 Å². The molecule has 1 spiro atoms. The number of halogens is 1. The zero-order chi connectivity index (χ0) is 27.0. The van der Waals surface area contributed by atoms with E-state index in [0.29, 0.717) is 0 Å². The van der Waals surface area contributed by atoms with E-state index in [1.165, 1.54) is 11.8 Å². The fourth-order valence-electron chi connectivity index (χ4n) is 4.79. The van der Waals surface area contributed by atoms with Crippen molar-refractivity contribution in [1.29, 1.82) is 0 Å². The van der Waals surface area contributed by atoms with Gasteiger partial charge in [-0.3, -0.25) is 0 Å². The number of fused-ring (bicyclic) bond motifs is 2. The van der Waals surface area contributed by atoms with E-state index >= 15 is 0 Å². The van der Waals surface area contributed by atoms with Crippen LogP contribution in [-0.2, 0) is 14.5 Å². The number of benzene rings is 4. The van der Waals surface area contributed by atoms with Crippen molar-refractivity contribution in [3.8, 4) is 0 Å². The van der Waals surface area contributed by atoms with Gasteiger partial charge in [0.25, 0.3) is 0 Å². The Hall–Kier alpha value is -3.88. The van der Waals surface area contributed by atoms with E-state index in [1.807, 2.05) is 95.8 Å². The maximum Gasteiger partial charge on any atom is 0.365 e. The van der Waals surface area contributed by atoms with Crippen LogP contribution >= 0.6 is 27.7 Å². The van der Waals surface area contributed by atoms with Crippen molar-refractivity contribution in [2.24, 2.45) is 10.2 Å². The SMILES string of the molecule is CCOC(=O)C1=NN(c2ccc(C)cc2)[C@@]2(S1)c1ccccc1C(c1ccc(Br)cc1)=NN2c1ccccc1. The van der Waals surface area contributed by atoms with Crippen molar-refractivity contribution < 1.29 is 9.53 Å². The molecule has 0 saturated heterocycles. The summed E-state index contributed by atoms with van der Waals surface area (Å²) in [7, 11) is 0. The maximum absolute atomic E-state index is 13.1. The molecule has 2 aliphatic heterocycles. The van der Waals surface area contributed by atoms with Crippen molar-refractivity contribution in [3.63, 3.8) is 0 Å². The summed E-state index contributed by atoms with van der Waals surface area (Å²) in [5.74, 6) is -0.454. The van der Waals surface area contributed by atoms with Crippen molar-refractivity contribution >= 4 is 55.8 Å². The van der Waals surface area contributed by atoms with Gasteiger partial charge < -0.3 is 4.74 Å². The lowest BCUT2D eigenvalue weighted by molar-refractivity contribution is -0.134. The quantitative estimate of drug-likeness (QED) is 0.227. The predicted molar refractivity (Wildman–Crippen MR) is 162 cm³/mol. The van der Waals surface area contributed by atoms with Crippen molar-refractivity contribution in [2.75, 3.05) is 16.6 Å². The highest BCUT2D eigenvalue weighted by Gasteiger charge is 2.56. The summed E-state index contributed by atoms with van der Waals surface area (Å²) < 4.78 is 6.41. The first-order valence-electron chi connectivity index (χ1n) is 12.6. The second-order valence-corrected chi connectivity index (χ2v) is 11.2. The Labute approximate surface area is 240 Å². The number of para-hydroxylation sites is 1. The van der Waals surface area contributed by atoms with Gasteiger partial charge in [-0.1, -0.05) is 88.2 Å². The van der Waals surface area contributed by atoms with Crippen LogP contribution in [0.25, 0.3) is 0 Å². The van der Waals surface area contributed by atoms with Gasteiger partial charge in [-0.2, -0.15) is 10.2 Å². The molecule has 0 fully saturated rings. The summed E-state index contributed by atoms with van der Waals surface area (Å²) >= 11 is 4.90. The summed E-state index contributed by atoms with van der Waals surface area (Å²) in [5, 5.41) is 14.3. The number of rotatable bonds is 5. The molecule has 0 amide bonds. The molecule has 2 heterocycles. The summed E-state index contributed by atoms with van der Waals surface area (Å²) in [6, 6.07) is 34.5. The van der Waals surface area contributed by atoms with Gasteiger partial charge in [0.15, 0.2) is 0 Å². The third-order valence-electron chi connectivity index (χ3n) is 6.58. The Morgan fingerprint density at radius 2 is 1.49 bits per heavy atom. The van der Waals surface area contributed by atoms with Gasteiger partial charge in [-0.05, 0) is 62.0 Å². The molecule has 194 valence electrons. The molecule has 1 atom stereocenters. The largest absolute Gasteiger partial charge is 0.461 e. The van der Waals surface area contributed by atoms with Gasteiger partial charge >= 0.3 is 5.97 Å². The minimum Gasteiger partial charge on any atom is -0.461 e. The van der Waals surface area contributed by atoms with Crippen LogP contribution in [0.4, 0.5) is 11.4 Å². The van der Waals surface area contributed by atoms with Crippen LogP contribution in [0.3, 0.4) is 0 Å². The van der Waals surface area contributed by atoms with E-state index in [2.05, 4.69) is 40.2 Å². The Kier molecular flexibility index (Phi) is 6.74. The molecule has 4 aromatic rings. The second kappa shape index (κ2) is 10.4. The number of hydrogen-bond donors (Lipinski definition) is 0. The van der Waals surface area contributed by atoms with Crippen LogP contribution < -0.4 is 10.0 Å². The molecule has 39 heavy (non-hydrogen) atoms. The highest BCUT2D eigenvalue weighted by molar-refractivity contribution is 9.10. The van der Waals surface area contributed by atoms with Gasteiger partial charge in [-0.15, -0.1) is 0 Å². The molecule has 0 N–H and O–H groups in total. The molecule has 0 radical (unpaired) electrons. The van der Waals surface area contributed by atoms with Gasteiger partial charge in [0.1, 0.15) is 0 Å². The highest BCUT2D eigenvalue weighted by Crippen LogP contribution is 2.55. The number of carbonyl (C=O) groups excluding carboxylic acids is 1. The molecule has 2 aliphatic rings. The number of carbonyl (C=O) groups is 1. The van der Waals surface area contributed by atoms with Crippen molar-refractivity contribution in [3.05, 3.63) is 130 Å². The molecule has 8 heteroatoms. The number of esters is 1. The topological polar surface area (TPSA) is 57.5 Å². The number of anilines is 2. The van der Waals surface area contributed by atoms with Crippen LogP contribution in [-0.4, -0.2) is 23.3 Å². The van der Waals surface area contributed by atoms with Crippen molar-refractivity contribution in [1.82, 2.24) is 0 Å². The molecule has 0 aliphatic carbocycles. The van der Waals surface area contributed by atoms with E-state index in [4.69, 9.17) is 14.9 Å². The number of nitrogens with zero attached hydrogens (tertiary/aromatic N) is 4. The van der Waals surface area contributed by atoms with Gasteiger partial charge in [-0.25, -0.2) is 14.8 Å². The average Bonchev–Trinajstić information content (AvgIpc) is 3.36. The van der Waals surface area contributed by atoms with E-state index in [1.54, 1.807) is 6.92 Å². The van der Waals surface area contributed by atoms with E-state index in [0.717, 1.165) is 43.8 Å². The van der Waals surface area contributed by atoms with Crippen LogP contribution in [0, 0.1) is 6.92 Å². The first kappa shape index (κ1) is 25.4. The first-order valence-corrected chi connectivity index (χ1v) is 14.2. The number of aryl methyl sites for hydroxylation is 1. The van der Waals surface area contributed by atoms with Crippen LogP contribution in [0.5, 0.6) is 0 Å². The zero-order valence-corrected chi connectivity index (χ0v) is 23.8. The third-order valence-corrected chi connectivity index (χ3v) is 8.40. The predicted octanol–water partition coefficient (Wildman–Crippen LogP) is 7.27. The molecule has 6 rings (SSSR count). The molecule has 0 unspecified atom stereocenters. The van der Waals surface area contributed by atoms with Crippen molar-refractivity contribution in [2.45, 2.75) is 18.8 Å². The lowest BCUT2D eigenvalue weighted by Gasteiger charge is -2.47. The summed E-state index contributed by atoms with van der Waals surface area (Å²) in [6.45, 7) is 4.11. The Balaban J connectivity index is 1.64. The fourth-order valence-corrected chi connectivity index (χ4v) is 6.34. The highest BCUT2D eigenvalue weighted by atomic mass is 79.9. The smallest absolute Gasteiger partial charge is 0.365 e. The third kappa shape index (κ3) is 4.43. The van der Waals surface area contributed by atoms with Gasteiger partial charge in [0.05, 0.1) is 23.7 Å². The lowest BCUT2D eigenvalue weighted by Crippen LogP contribution is -2.54. The zero-order valence-electron chi connectivity index (χ0n) is 21.4. The first-order chi connectivity index (χ1) is 19.0. The lowest BCUT2D eigenvalue weighted by atomic mass is 9.93. The molecular weight excluding hydrogens is 572 g/mol. The number of ether oxygens (including phenoxy) is 1. The molecule has 4 aromatic carbocycles. The number of hydrazone groups is 2. The molecular formula is C31H25BrN4O2S. The Morgan fingerprint density at radius 1 is 0.846 bits per heavy atom. The minimum atomic E-state index is -1.02. The molecule has 6 nitrogen and oxygen atoms in total. The van der Waals surface area contributed by atoms with E-state index in [9.17, 15) is 4.79 Å². The standard InChI is InChI=1S/C31H25BrN4O2S/c1-3-38-30(37)29-34-36(25-19-13-21(2)14-20-25)31(39-29)27-12-8-7-11-26(27)28(22-15-17-23(32)18-16-22)33-35(31)24-9-5-4-6-10-24/h4-20H,3H2,1-2H3/t31-/m1/s1. The minimum absolute atomic E-state index is 0.265. The van der Waals surface area contributed by atoms with E-state index < -0.39 is 11.0 Å². The normalized spacial score (nSPS) is 18.0. The molecule has 0 saturated carbocycles. The number of hydrogen-bond acceptors (Lipinski definition) is 7. The summed E-state index contributed by atoms with van der Waals surface area (Å²) in [5.41, 5.74) is 6.59. The molecule has 0 bridgehead atoms. The Bertz CT molecular complexity index is 1590. The van der Waals surface area contributed by atoms with Crippen LogP contribution in [0.15, 0.2) is 118 Å². The second-order valence-electron chi connectivity index (χ2n) is 9.13. The average molecular weight is 598 g/mol. The van der Waals surface area contributed by atoms with Gasteiger partial charge in [0, 0.05) is 21.2 Å². The number of thioether (sulfide) groups is 1. The van der Waals surface area contributed by atoms with Gasteiger partial charge in [0.2, 0.25) is 10.0 Å². The monoisotopic (exact) mass is 596 g/mol. The summed E-state index contributed by atoms with van der Waals surface area (Å²) in [4.78, 5) is 12.1. The maximum atomic E-state index is 13.1. The molecule has 0 aromatic heterocycles. The van der Waals surface area contributed by atoms with Crippen LogP contribution in [0.1, 0.15) is 29.2 Å².